The van der Waals surface area contributed by atoms with Crippen molar-refractivity contribution in [1.29, 1.82) is 0 Å². The molecule has 0 aromatic heterocycles. The zero-order valence-electron chi connectivity index (χ0n) is 13.9. The highest BCUT2D eigenvalue weighted by atomic mass is 16.6. The first-order valence-electron chi connectivity index (χ1n) is 7.34. The molecule has 1 rings (SSSR count). The summed E-state index contributed by atoms with van der Waals surface area (Å²) in [5.41, 5.74) is 1.39. The van der Waals surface area contributed by atoms with Crippen LogP contribution >= 0.6 is 0 Å². The third kappa shape index (κ3) is 6.11. The first kappa shape index (κ1) is 17.4. The molecule has 0 fully saturated rings. The maximum atomic E-state index is 12.1. The molecular formula is C18H26O3. The molecule has 1 aromatic carbocycles. The van der Waals surface area contributed by atoms with E-state index in [0.717, 1.165) is 0 Å². The Morgan fingerprint density at radius 2 is 1.43 bits per heavy atom. The number of Topliss-reactive ketones (excluding diaryl/α,β-unsaturated/α-hetero) is 1. The van der Waals surface area contributed by atoms with Crippen LogP contribution < -0.4 is 0 Å². The Hall–Kier alpha value is -1.64. The Morgan fingerprint density at radius 1 is 0.905 bits per heavy atom. The molecule has 0 radical (unpaired) electrons. The summed E-state index contributed by atoms with van der Waals surface area (Å²) in [6.45, 7) is 11.8. The number of benzene rings is 1. The van der Waals surface area contributed by atoms with E-state index in [4.69, 9.17) is 4.74 Å². The molecule has 3 nitrogen and oxygen atoms in total. The molecule has 116 valence electrons. The smallest absolute Gasteiger partial charge is 0.306 e. The second-order valence-electron chi connectivity index (χ2n) is 7.34. The van der Waals surface area contributed by atoms with Gasteiger partial charge in [0.25, 0.3) is 0 Å². The monoisotopic (exact) mass is 290 g/mol. The van der Waals surface area contributed by atoms with E-state index in [-0.39, 0.29) is 30.0 Å². The number of ketones is 1. The van der Waals surface area contributed by atoms with E-state index < -0.39 is 5.60 Å². The summed E-state index contributed by atoms with van der Waals surface area (Å²) in [6.07, 6.45) is 0.306. The van der Waals surface area contributed by atoms with E-state index >= 15 is 0 Å². The quantitative estimate of drug-likeness (QED) is 0.613. The molecule has 0 amide bonds. The summed E-state index contributed by atoms with van der Waals surface area (Å²) in [5, 5.41) is 0. The predicted molar refractivity (Wildman–Crippen MR) is 84.6 cm³/mol. The lowest BCUT2D eigenvalue weighted by Crippen LogP contribution is -2.24. The molecule has 0 aliphatic heterocycles. The van der Waals surface area contributed by atoms with Crippen molar-refractivity contribution < 1.29 is 14.3 Å². The average molecular weight is 290 g/mol. The molecular weight excluding hydrogens is 264 g/mol. The van der Waals surface area contributed by atoms with E-state index in [2.05, 4.69) is 20.8 Å². The van der Waals surface area contributed by atoms with Gasteiger partial charge in [-0.2, -0.15) is 0 Å². The summed E-state index contributed by atoms with van der Waals surface area (Å²) in [5.74, 6) is -0.358. The molecule has 0 bridgehead atoms. The van der Waals surface area contributed by atoms with Gasteiger partial charge in [0, 0.05) is 12.0 Å². The van der Waals surface area contributed by atoms with Gasteiger partial charge < -0.3 is 4.74 Å². The van der Waals surface area contributed by atoms with E-state index in [1.54, 1.807) is 0 Å². The minimum atomic E-state index is -0.505. The molecule has 0 atom stereocenters. The van der Waals surface area contributed by atoms with E-state index in [9.17, 15) is 9.59 Å². The average Bonchev–Trinajstić information content (AvgIpc) is 2.33. The van der Waals surface area contributed by atoms with E-state index in [0.29, 0.717) is 5.56 Å². The van der Waals surface area contributed by atoms with Crippen molar-refractivity contribution in [3.63, 3.8) is 0 Å². The van der Waals surface area contributed by atoms with Crippen LogP contribution in [0.4, 0.5) is 0 Å². The minimum Gasteiger partial charge on any atom is -0.460 e. The molecule has 0 N–H and O–H groups in total. The van der Waals surface area contributed by atoms with Crippen LogP contribution in [0.1, 0.15) is 70.3 Å². The Kier molecular flexibility index (Phi) is 5.32. The van der Waals surface area contributed by atoms with E-state index in [1.165, 1.54) is 5.56 Å². The van der Waals surface area contributed by atoms with Crippen molar-refractivity contribution in [2.45, 2.75) is 65.4 Å². The highest BCUT2D eigenvalue weighted by Crippen LogP contribution is 2.22. The maximum Gasteiger partial charge on any atom is 0.306 e. The highest BCUT2D eigenvalue weighted by molar-refractivity contribution is 5.97. The lowest BCUT2D eigenvalue weighted by molar-refractivity contribution is -0.154. The van der Waals surface area contributed by atoms with Gasteiger partial charge in [0.15, 0.2) is 5.78 Å². The van der Waals surface area contributed by atoms with Crippen molar-refractivity contribution in [1.82, 2.24) is 0 Å². The van der Waals surface area contributed by atoms with Crippen molar-refractivity contribution in [2.75, 3.05) is 0 Å². The van der Waals surface area contributed by atoms with Gasteiger partial charge in [-0.3, -0.25) is 9.59 Å². The van der Waals surface area contributed by atoms with Crippen molar-refractivity contribution in [3.05, 3.63) is 35.4 Å². The topological polar surface area (TPSA) is 43.4 Å². The zero-order valence-corrected chi connectivity index (χ0v) is 13.9. The normalized spacial score (nSPS) is 12.1. The van der Waals surface area contributed by atoms with Crippen LogP contribution in [0, 0.1) is 0 Å². The maximum absolute atomic E-state index is 12.1. The Labute approximate surface area is 127 Å². The van der Waals surface area contributed by atoms with E-state index in [1.807, 2.05) is 45.0 Å². The number of ether oxygens (including phenoxy) is 1. The summed E-state index contributed by atoms with van der Waals surface area (Å²) in [6, 6.07) is 7.61. The van der Waals surface area contributed by atoms with Gasteiger partial charge in [-0.15, -0.1) is 0 Å². The molecule has 21 heavy (non-hydrogen) atoms. The first-order valence-corrected chi connectivity index (χ1v) is 7.34. The van der Waals surface area contributed by atoms with Crippen molar-refractivity contribution >= 4 is 11.8 Å². The Bertz CT molecular complexity index is 499. The molecule has 0 aliphatic rings. The lowest BCUT2D eigenvalue weighted by Gasteiger charge is -2.19. The fourth-order valence-corrected chi connectivity index (χ4v) is 1.91. The molecule has 3 heteroatoms. The standard InChI is InChI=1S/C18H26O3/c1-17(2,3)14-9-7-13(8-10-14)15(19)11-12-16(20)21-18(4,5)6/h7-10H,11-12H2,1-6H3. The largest absolute Gasteiger partial charge is 0.460 e. The first-order chi connectivity index (χ1) is 9.49. The van der Waals surface area contributed by atoms with Gasteiger partial charge in [-0.1, -0.05) is 45.0 Å². The van der Waals surface area contributed by atoms with Gasteiger partial charge in [0.05, 0.1) is 6.42 Å². The molecule has 0 spiro atoms. The summed E-state index contributed by atoms with van der Waals surface area (Å²) in [4.78, 5) is 23.7. The van der Waals surface area contributed by atoms with Crippen LogP contribution in [0.15, 0.2) is 24.3 Å². The third-order valence-electron chi connectivity index (χ3n) is 3.05. The number of rotatable bonds is 4. The van der Waals surface area contributed by atoms with Crippen LogP contribution in [0.2, 0.25) is 0 Å². The van der Waals surface area contributed by atoms with Gasteiger partial charge in [-0.05, 0) is 31.7 Å². The molecule has 1 aromatic rings. The number of hydrogen-bond donors (Lipinski definition) is 0. The van der Waals surface area contributed by atoms with Gasteiger partial charge in [0.1, 0.15) is 5.60 Å². The SMILES string of the molecule is CC(C)(C)OC(=O)CCC(=O)c1ccc(C(C)(C)C)cc1. The summed E-state index contributed by atoms with van der Waals surface area (Å²) in [7, 11) is 0. The lowest BCUT2D eigenvalue weighted by atomic mass is 9.86. The fourth-order valence-electron chi connectivity index (χ4n) is 1.91. The van der Waals surface area contributed by atoms with Crippen LogP contribution in [0.25, 0.3) is 0 Å². The molecule has 0 saturated heterocycles. The van der Waals surface area contributed by atoms with Gasteiger partial charge in [0.2, 0.25) is 0 Å². The van der Waals surface area contributed by atoms with Crippen molar-refractivity contribution in [2.24, 2.45) is 0 Å². The fraction of sp³-hybridized carbons (Fsp3) is 0.556. The number of carbonyl (C=O) groups excluding carboxylic acids is 2. The van der Waals surface area contributed by atoms with Gasteiger partial charge >= 0.3 is 5.97 Å². The molecule has 0 heterocycles. The molecule has 0 saturated carbocycles. The minimum absolute atomic E-state index is 0.0266. The van der Waals surface area contributed by atoms with Gasteiger partial charge in [-0.25, -0.2) is 0 Å². The van der Waals surface area contributed by atoms with Crippen LogP contribution in [0.5, 0.6) is 0 Å². The second-order valence-corrected chi connectivity index (χ2v) is 7.34. The van der Waals surface area contributed by atoms with Crippen LogP contribution in [0.3, 0.4) is 0 Å². The summed E-state index contributed by atoms with van der Waals surface area (Å²) >= 11 is 0. The second kappa shape index (κ2) is 6.42. The zero-order chi connectivity index (χ0) is 16.3. The van der Waals surface area contributed by atoms with Crippen LogP contribution in [-0.2, 0) is 14.9 Å². The van der Waals surface area contributed by atoms with Crippen LogP contribution in [-0.4, -0.2) is 17.4 Å². The van der Waals surface area contributed by atoms with Crippen molar-refractivity contribution in [3.8, 4) is 0 Å². The Balaban J connectivity index is 2.59. The Morgan fingerprint density at radius 3 is 1.86 bits per heavy atom. The highest BCUT2D eigenvalue weighted by Gasteiger charge is 2.18. The number of esters is 1. The predicted octanol–water partition coefficient (Wildman–Crippen LogP) is 4.29. The molecule has 0 unspecified atom stereocenters. The molecule has 0 aliphatic carbocycles. The summed E-state index contributed by atoms with van der Waals surface area (Å²) < 4.78 is 5.20. The number of hydrogen-bond acceptors (Lipinski definition) is 3. The number of carbonyl (C=O) groups is 2. The third-order valence-corrected chi connectivity index (χ3v) is 3.05.